The molecule has 1 heterocycles. The van der Waals surface area contributed by atoms with Crippen LogP contribution < -0.4 is 11.2 Å². The first-order valence-electron chi connectivity index (χ1n) is 6.77. The topological polar surface area (TPSA) is 114 Å². The number of hydrogen-bond acceptors (Lipinski definition) is 6. The number of rotatable bonds is 2. The number of benzene rings is 2. The Morgan fingerprint density at radius 2 is 1.78 bits per heavy atom. The molecule has 0 radical (unpaired) electrons. The molecular weight excluding hydrogens is 298 g/mol. The van der Waals surface area contributed by atoms with E-state index in [2.05, 4.69) is 0 Å². The van der Waals surface area contributed by atoms with Gasteiger partial charge in [0.15, 0.2) is 17.3 Å². The Kier molecular flexibility index (Phi) is 3.29. The molecule has 0 amide bonds. The number of nitrogens with two attached hydrogens (primary N) is 1. The van der Waals surface area contributed by atoms with E-state index in [0.717, 1.165) is 12.1 Å². The van der Waals surface area contributed by atoms with Crippen molar-refractivity contribution in [2.24, 2.45) is 0 Å². The predicted octanol–water partition coefficient (Wildman–Crippen LogP) is 2.66. The third kappa shape index (κ3) is 2.40. The number of ketones is 1. The number of carbonyl (C=O) groups is 1. The van der Waals surface area contributed by atoms with Gasteiger partial charge in [0, 0.05) is 22.9 Å². The Morgan fingerprint density at radius 1 is 1.09 bits per heavy atom. The van der Waals surface area contributed by atoms with Crippen LogP contribution in [0.15, 0.2) is 45.8 Å². The second kappa shape index (κ2) is 5.17. The summed E-state index contributed by atoms with van der Waals surface area (Å²) in [6, 6.07) is 6.95. The fourth-order valence-electron chi connectivity index (χ4n) is 2.37. The van der Waals surface area contributed by atoms with Gasteiger partial charge in [-0.25, -0.2) is 0 Å². The maximum Gasteiger partial charge on any atom is 0.200 e. The fraction of sp³-hybridized carbons (Fsp3) is 0.0588. The van der Waals surface area contributed by atoms with Gasteiger partial charge in [-0.3, -0.25) is 9.59 Å². The van der Waals surface area contributed by atoms with E-state index in [4.69, 9.17) is 10.2 Å². The van der Waals surface area contributed by atoms with Crippen LogP contribution in [0.1, 0.15) is 17.3 Å². The summed E-state index contributed by atoms with van der Waals surface area (Å²) in [5.74, 6) is -0.922. The van der Waals surface area contributed by atoms with Crippen molar-refractivity contribution in [1.29, 1.82) is 0 Å². The van der Waals surface area contributed by atoms with E-state index in [9.17, 15) is 19.8 Å². The van der Waals surface area contributed by atoms with Crippen molar-refractivity contribution in [2.75, 3.05) is 5.73 Å². The summed E-state index contributed by atoms with van der Waals surface area (Å²) < 4.78 is 5.35. The van der Waals surface area contributed by atoms with E-state index in [0.29, 0.717) is 11.1 Å². The van der Waals surface area contributed by atoms with Crippen LogP contribution in [0.3, 0.4) is 0 Å². The van der Waals surface area contributed by atoms with E-state index in [1.165, 1.54) is 19.3 Å². The monoisotopic (exact) mass is 311 g/mol. The zero-order chi connectivity index (χ0) is 16.7. The summed E-state index contributed by atoms with van der Waals surface area (Å²) in [4.78, 5) is 24.0. The summed E-state index contributed by atoms with van der Waals surface area (Å²) in [7, 11) is 0. The lowest BCUT2D eigenvalue weighted by molar-refractivity contribution is 0.101. The SMILES string of the molecule is CC(=O)c1ccc(-c2coc3cc(O)c(O)cc3c2=O)c(N)c1. The molecule has 0 saturated heterocycles. The summed E-state index contributed by atoms with van der Waals surface area (Å²) in [5, 5.41) is 19.1. The summed E-state index contributed by atoms with van der Waals surface area (Å²) in [6.07, 6.45) is 1.24. The number of carbonyl (C=O) groups excluding carboxylic acids is 1. The molecule has 1 aromatic heterocycles. The fourth-order valence-corrected chi connectivity index (χ4v) is 2.37. The molecular formula is C17H13NO5. The molecule has 0 unspecified atom stereocenters. The molecule has 0 aliphatic heterocycles. The highest BCUT2D eigenvalue weighted by atomic mass is 16.3. The van der Waals surface area contributed by atoms with Crippen molar-refractivity contribution in [2.45, 2.75) is 6.92 Å². The maximum absolute atomic E-state index is 12.6. The average molecular weight is 311 g/mol. The second-order valence-electron chi connectivity index (χ2n) is 5.17. The molecule has 23 heavy (non-hydrogen) atoms. The lowest BCUT2D eigenvalue weighted by atomic mass is 10.0. The molecule has 0 spiro atoms. The Balaban J connectivity index is 2.25. The van der Waals surface area contributed by atoms with Crippen LogP contribution in [0.4, 0.5) is 5.69 Å². The average Bonchev–Trinajstić information content (AvgIpc) is 2.50. The molecule has 0 aliphatic carbocycles. The minimum absolute atomic E-state index is 0.118. The molecule has 6 heteroatoms. The van der Waals surface area contributed by atoms with Gasteiger partial charge in [-0.1, -0.05) is 12.1 Å². The van der Waals surface area contributed by atoms with Gasteiger partial charge < -0.3 is 20.4 Å². The number of phenols is 2. The number of nitrogen functional groups attached to an aromatic ring is 1. The number of aromatic hydroxyl groups is 2. The lowest BCUT2D eigenvalue weighted by Crippen LogP contribution is -2.07. The normalized spacial score (nSPS) is 10.8. The predicted molar refractivity (Wildman–Crippen MR) is 85.7 cm³/mol. The Hall–Kier alpha value is -3.28. The van der Waals surface area contributed by atoms with Crippen molar-refractivity contribution < 1.29 is 19.4 Å². The number of fused-ring (bicyclic) bond motifs is 1. The number of anilines is 1. The zero-order valence-electron chi connectivity index (χ0n) is 12.2. The molecule has 0 atom stereocenters. The minimum atomic E-state index is -0.415. The Morgan fingerprint density at radius 3 is 2.43 bits per heavy atom. The van der Waals surface area contributed by atoms with Crippen LogP contribution in [0.2, 0.25) is 0 Å². The standard InChI is InChI=1S/C17H13NO5/c1-8(19)9-2-3-10(13(18)4-9)12-7-23-16-6-15(21)14(20)5-11(16)17(12)22/h2-7,20-21H,18H2,1H3. The van der Waals surface area contributed by atoms with Crippen LogP contribution in [0.5, 0.6) is 11.5 Å². The van der Waals surface area contributed by atoms with E-state index in [-0.39, 0.29) is 33.8 Å². The van der Waals surface area contributed by atoms with Crippen molar-refractivity contribution in [3.05, 3.63) is 52.4 Å². The van der Waals surface area contributed by atoms with Crippen molar-refractivity contribution in [3.8, 4) is 22.6 Å². The quantitative estimate of drug-likeness (QED) is 0.381. The Bertz CT molecular complexity index is 1000. The number of hydrogen-bond donors (Lipinski definition) is 3. The zero-order valence-corrected chi connectivity index (χ0v) is 12.2. The van der Waals surface area contributed by atoms with E-state index >= 15 is 0 Å². The molecule has 116 valence electrons. The van der Waals surface area contributed by atoms with Crippen molar-refractivity contribution in [3.63, 3.8) is 0 Å². The van der Waals surface area contributed by atoms with Gasteiger partial charge in [-0.05, 0) is 19.1 Å². The molecule has 0 saturated carbocycles. The van der Waals surface area contributed by atoms with Gasteiger partial charge in [0.1, 0.15) is 11.8 Å². The first-order chi connectivity index (χ1) is 10.9. The maximum atomic E-state index is 12.6. The highest BCUT2D eigenvalue weighted by Gasteiger charge is 2.14. The smallest absolute Gasteiger partial charge is 0.200 e. The number of phenolic OH excluding ortho intramolecular Hbond substituents is 2. The third-order valence-electron chi connectivity index (χ3n) is 3.62. The van der Waals surface area contributed by atoms with Gasteiger partial charge in [-0.2, -0.15) is 0 Å². The first-order valence-corrected chi connectivity index (χ1v) is 6.77. The largest absolute Gasteiger partial charge is 0.504 e. The Labute approximate surface area is 130 Å². The molecule has 6 nitrogen and oxygen atoms in total. The highest BCUT2D eigenvalue weighted by Crippen LogP contribution is 2.31. The summed E-state index contributed by atoms with van der Waals surface area (Å²) in [6.45, 7) is 1.42. The van der Waals surface area contributed by atoms with Crippen LogP contribution in [-0.4, -0.2) is 16.0 Å². The number of Topliss-reactive ketones (excluding diaryl/α,β-unsaturated/α-hetero) is 1. The van der Waals surface area contributed by atoms with Crippen LogP contribution >= 0.6 is 0 Å². The molecule has 0 aliphatic rings. The molecule has 4 N–H and O–H groups in total. The third-order valence-corrected chi connectivity index (χ3v) is 3.62. The summed E-state index contributed by atoms with van der Waals surface area (Å²) in [5.41, 5.74) is 7.03. The van der Waals surface area contributed by atoms with Crippen molar-refractivity contribution >= 4 is 22.4 Å². The van der Waals surface area contributed by atoms with Crippen molar-refractivity contribution in [1.82, 2.24) is 0 Å². The second-order valence-corrected chi connectivity index (χ2v) is 5.17. The molecule has 0 bridgehead atoms. The minimum Gasteiger partial charge on any atom is -0.504 e. The van der Waals surface area contributed by atoms with Gasteiger partial charge in [0.05, 0.1) is 10.9 Å². The lowest BCUT2D eigenvalue weighted by Gasteiger charge is -2.08. The van der Waals surface area contributed by atoms with E-state index in [1.807, 2.05) is 0 Å². The van der Waals surface area contributed by atoms with Crippen LogP contribution in [0, 0.1) is 0 Å². The molecule has 2 aromatic carbocycles. The van der Waals surface area contributed by atoms with Crippen LogP contribution in [-0.2, 0) is 0 Å². The summed E-state index contributed by atoms with van der Waals surface area (Å²) >= 11 is 0. The van der Waals surface area contributed by atoms with Gasteiger partial charge in [-0.15, -0.1) is 0 Å². The van der Waals surface area contributed by atoms with Gasteiger partial charge in [0.25, 0.3) is 0 Å². The first kappa shape index (κ1) is 14.6. The molecule has 0 fully saturated rings. The van der Waals surface area contributed by atoms with Gasteiger partial charge in [0.2, 0.25) is 5.43 Å². The van der Waals surface area contributed by atoms with E-state index < -0.39 is 11.2 Å². The highest BCUT2D eigenvalue weighted by molar-refractivity contribution is 5.96. The van der Waals surface area contributed by atoms with Gasteiger partial charge >= 0.3 is 0 Å². The van der Waals surface area contributed by atoms with Crippen LogP contribution in [0.25, 0.3) is 22.1 Å². The molecule has 3 aromatic rings. The molecule has 3 rings (SSSR count). The van der Waals surface area contributed by atoms with E-state index in [1.54, 1.807) is 12.1 Å².